The molecule has 1 amide bonds. The number of pyridine rings is 2. The lowest BCUT2D eigenvalue weighted by Gasteiger charge is -2.35. The summed E-state index contributed by atoms with van der Waals surface area (Å²) in [4.78, 5) is 69.9. The zero-order chi connectivity index (χ0) is 37.7. The van der Waals surface area contributed by atoms with Crippen LogP contribution in [0.25, 0.3) is 22.3 Å². The topological polar surface area (TPSA) is 152 Å². The highest BCUT2D eigenvalue weighted by Crippen LogP contribution is 2.57. The van der Waals surface area contributed by atoms with Gasteiger partial charge in [-0.25, -0.2) is 24.6 Å². The van der Waals surface area contributed by atoms with Crippen LogP contribution in [0.5, 0.6) is 5.75 Å². The molecule has 16 heteroatoms. The van der Waals surface area contributed by atoms with Gasteiger partial charge in [-0.05, 0) is 69.7 Å². The molecule has 3 aromatic rings. The molecule has 1 aromatic carbocycles. The fourth-order valence-corrected chi connectivity index (χ4v) is 8.87. The third kappa shape index (κ3) is 7.70. The predicted octanol–water partition coefficient (Wildman–Crippen LogP) is 5.85. The Morgan fingerprint density at radius 1 is 1.10 bits per heavy atom. The Labute approximate surface area is 293 Å². The maximum absolute atomic E-state index is 14.2. The van der Waals surface area contributed by atoms with E-state index in [9.17, 15) is 37.1 Å². The first-order chi connectivity index (χ1) is 23.7. The standard InChI is InChI=1S/C35H40F3N3O9S/c1-8-34(49-27(43)11-13-39-32(46)50-33(3,4)5)24-16-26-28-22(17-41(26)30(44)23(24)18-47-31(34)45)29(51(6,7)14-12-35(36,37)38)21-15-20(48-19(2)42)9-10-25(21)40-28/h9-10,15-16H,8,11-14,17-18H2,1-7H3,(H,39,46)/t34-/m0/s1. The third-order valence-electron chi connectivity index (χ3n) is 8.57. The quantitative estimate of drug-likeness (QED) is 0.126. The first-order valence-corrected chi connectivity index (χ1v) is 18.8. The first-order valence-electron chi connectivity index (χ1n) is 16.2. The van der Waals surface area contributed by atoms with Crippen LogP contribution in [0.2, 0.25) is 0 Å². The molecular formula is C35H40F3N3O9S. The lowest BCUT2D eigenvalue weighted by Crippen LogP contribution is -2.47. The molecule has 4 heterocycles. The molecular weight excluding hydrogens is 695 g/mol. The lowest BCUT2D eigenvalue weighted by molar-refractivity contribution is -0.189. The smallest absolute Gasteiger partial charge is 0.407 e. The summed E-state index contributed by atoms with van der Waals surface area (Å²) in [5.41, 5.74) is -1.52. The van der Waals surface area contributed by atoms with Gasteiger partial charge in [0.2, 0.25) is 5.60 Å². The molecule has 5 rings (SSSR count). The van der Waals surface area contributed by atoms with Crippen LogP contribution < -0.4 is 15.6 Å². The molecule has 0 saturated carbocycles. The van der Waals surface area contributed by atoms with Crippen molar-refractivity contribution in [2.24, 2.45) is 0 Å². The van der Waals surface area contributed by atoms with Crippen molar-refractivity contribution >= 4 is 44.9 Å². The first kappa shape index (κ1) is 37.7. The number of aromatic nitrogens is 2. The molecule has 1 atom stereocenters. The Kier molecular flexibility index (Phi) is 9.97. The number of ether oxygens (including phenoxy) is 4. The minimum atomic E-state index is -4.41. The van der Waals surface area contributed by atoms with Crippen LogP contribution in [-0.2, 0) is 47.3 Å². The maximum Gasteiger partial charge on any atom is 0.407 e. The Hall–Kier alpha value is -4.60. The Morgan fingerprint density at radius 2 is 1.80 bits per heavy atom. The molecule has 0 saturated heterocycles. The van der Waals surface area contributed by atoms with E-state index in [0.29, 0.717) is 32.7 Å². The van der Waals surface area contributed by atoms with Crippen molar-refractivity contribution in [2.45, 2.75) is 89.3 Å². The van der Waals surface area contributed by atoms with E-state index in [1.165, 1.54) is 17.6 Å². The van der Waals surface area contributed by atoms with Gasteiger partial charge in [-0.15, -0.1) is 0 Å². The molecule has 0 fully saturated rings. The van der Waals surface area contributed by atoms with E-state index in [1.807, 2.05) is 0 Å². The molecule has 276 valence electrons. The minimum Gasteiger partial charge on any atom is -0.457 e. The summed E-state index contributed by atoms with van der Waals surface area (Å²) >= 11 is 0. The number of fused-ring (bicyclic) bond motifs is 5. The van der Waals surface area contributed by atoms with Crippen LogP contribution in [-0.4, -0.2) is 70.1 Å². The number of carbonyl (C=O) groups excluding carboxylic acids is 4. The second-order valence-electron chi connectivity index (χ2n) is 13.9. The summed E-state index contributed by atoms with van der Waals surface area (Å²) in [7, 11) is -2.22. The van der Waals surface area contributed by atoms with E-state index in [1.54, 1.807) is 58.4 Å². The molecule has 2 aliphatic rings. The molecule has 51 heavy (non-hydrogen) atoms. The van der Waals surface area contributed by atoms with Gasteiger partial charge >= 0.3 is 30.2 Å². The van der Waals surface area contributed by atoms with Crippen LogP contribution in [0.4, 0.5) is 18.0 Å². The molecule has 0 aliphatic carbocycles. The van der Waals surface area contributed by atoms with Gasteiger partial charge in [0.1, 0.15) is 18.0 Å². The Balaban J connectivity index is 1.61. The highest BCUT2D eigenvalue weighted by Gasteiger charge is 2.50. The number of alkyl halides is 3. The number of hydrogen-bond acceptors (Lipinski definition) is 10. The summed E-state index contributed by atoms with van der Waals surface area (Å²) in [6.07, 6.45) is -3.07. The van der Waals surface area contributed by atoms with Crippen LogP contribution in [0, 0.1) is 0 Å². The zero-order valence-electron chi connectivity index (χ0n) is 29.4. The largest absolute Gasteiger partial charge is 0.457 e. The molecule has 2 aliphatic heterocycles. The number of hydrogen-bond donors (Lipinski definition) is 1. The van der Waals surface area contributed by atoms with Crippen molar-refractivity contribution in [3.63, 3.8) is 0 Å². The number of amides is 1. The second-order valence-corrected chi connectivity index (χ2v) is 17.8. The normalized spacial score (nSPS) is 17.2. The zero-order valence-corrected chi connectivity index (χ0v) is 30.2. The number of cyclic esters (lactones) is 1. The molecule has 2 aromatic heterocycles. The summed E-state index contributed by atoms with van der Waals surface area (Å²) in [6, 6.07) is 6.25. The molecule has 0 unspecified atom stereocenters. The highest BCUT2D eigenvalue weighted by atomic mass is 32.3. The van der Waals surface area contributed by atoms with Crippen molar-refractivity contribution in [1.29, 1.82) is 0 Å². The Bertz CT molecular complexity index is 2000. The molecule has 0 radical (unpaired) electrons. The van der Waals surface area contributed by atoms with E-state index in [-0.39, 0.29) is 55.2 Å². The number of alkyl carbamates (subject to hydrolysis) is 1. The summed E-state index contributed by atoms with van der Waals surface area (Å²) in [6.45, 7) is 7.32. The second kappa shape index (κ2) is 13.5. The predicted molar refractivity (Wildman–Crippen MR) is 182 cm³/mol. The number of esters is 3. The number of nitrogens with zero attached hydrogens (tertiary/aromatic N) is 2. The van der Waals surface area contributed by atoms with Crippen LogP contribution in [0.1, 0.15) is 70.6 Å². The summed E-state index contributed by atoms with van der Waals surface area (Å²) in [5, 5.41) is 2.96. The minimum absolute atomic E-state index is 0.0293. The summed E-state index contributed by atoms with van der Waals surface area (Å²) in [5.74, 6) is -2.31. The van der Waals surface area contributed by atoms with Gasteiger partial charge in [-0.1, -0.05) is 6.92 Å². The number of nitrogens with one attached hydrogen (secondary N) is 1. The maximum atomic E-state index is 14.2. The summed E-state index contributed by atoms with van der Waals surface area (Å²) < 4.78 is 63.7. The van der Waals surface area contributed by atoms with Gasteiger partial charge in [-0.3, -0.25) is 14.4 Å². The van der Waals surface area contributed by atoms with Crippen molar-refractivity contribution in [1.82, 2.24) is 14.9 Å². The molecule has 0 bridgehead atoms. The number of halogens is 3. The van der Waals surface area contributed by atoms with Gasteiger partial charge in [-0.2, -0.15) is 13.2 Å². The molecule has 12 nitrogen and oxygen atoms in total. The van der Waals surface area contributed by atoms with E-state index in [2.05, 4.69) is 5.32 Å². The average Bonchev–Trinajstić information content (AvgIpc) is 3.37. The number of benzene rings is 1. The van der Waals surface area contributed by atoms with Gasteiger partial charge < -0.3 is 28.8 Å². The van der Waals surface area contributed by atoms with Gasteiger partial charge in [0.25, 0.3) is 5.56 Å². The Morgan fingerprint density at radius 3 is 2.43 bits per heavy atom. The van der Waals surface area contributed by atoms with Crippen molar-refractivity contribution in [3.05, 3.63) is 51.3 Å². The van der Waals surface area contributed by atoms with Crippen LogP contribution in [0.3, 0.4) is 0 Å². The van der Waals surface area contributed by atoms with Crippen LogP contribution in [0.15, 0.2) is 34.0 Å². The third-order valence-corrected chi connectivity index (χ3v) is 11.4. The van der Waals surface area contributed by atoms with E-state index in [4.69, 9.17) is 23.9 Å². The number of rotatable bonds is 9. The van der Waals surface area contributed by atoms with Gasteiger partial charge in [0.05, 0.1) is 41.9 Å². The van der Waals surface area contributed by atoms with Crippen molar-refractivity contribution in [3.8, 4) is 17.1 Å². The fraction of sp³-hybridized carbons (Fsp3) is 0.486. The van der Waals surface area contributed by atoms with E-state index < -0.39 is 63.4 Å². The van der Waals surface area contributed by atoms with Crippen LogP contribution >= 0.6 is 10.0 Å². The number of carbonyl (C=O) groups is 4. The van der Waals surface area contributed by atoms with E-state index >= 15 is 0 Å². The molecule has 0 spiro atoms. The van der Waals surface area contributed by atoms with Crippen molar-refractivity contribution in [2.75, 3.05) is 24.8 Å². The van der Waals surface area contributed by atoms with E-state index in [0.717, 1.165) is 0 Å². The lowest BCUT2D eigenvalue weighted by atomic mass is 9.85. The van der Waals surface area contributed by atoms with Gasteiger partial charge in [0, 0.05) is 34.9 Å². The SMILES string of the molecule is CC[C@@]1(OC(=O)CCNC(=O)OC(C)(C)C)C(=O)OCc2c1cc1n(c2=O)Cc2c-1nc1ccc(OC(C)=O)cc1c2S(C)(C)CCC(F)(F)F. The fourth-order valence-electron chi connectivity index (χ4n) is 6.34. The van der Waals surface area contributed by atoms with Crippen molar-refractivity contribution < 1.29 is 51.3 Å². The monoisotopic (exact) mass is 735 g/mol. The molecule has 1 N–H and O–H groups in total. The van der Waals surface area contributed by atoms with Gasteiger partial charge in [0.15, 0.2) is 0 Å². The average molecular weight is 736 g/mol. The highest BCUT2D eigenvalue weighted by molar-refractivity contribution is 8.32.